The van der Waals surface area contributed by atoms with Crippen molar-refractivity contribution >= 4 is 17.6 Å². The lowest BCUT2D eigenvalue weighted by molar-refractivity contribution is -0.0246. The maximum atomic E-state index is 13.1. The van der Waals surface area contributed by atoms with Crippen LogP contribution in [-0.4, -0.2) is 58.2 Å². The van der Waals surface area contributed by atoms with Crippen molar-refractivity contribution in [2.45, 2.75) is 37.9 Å². The number of anilines is 1. The van der Waals surface area contributed by atoms with Crippen molar-refractivity contribution in [3.8, 4) is 0 Å². The van der Waals surface area contributed by atoms with Crippen LogP contribution < -0.4 is 10.2 Å². The Morgan fingerprint density at radius 1 is 1.21 bits per heavy atom. The van der Waals surface area contributed by atoms with Crippen LogP contribution in [0.5, 0.6) is 0 Å². The van der Waals surface area contributed by atoms with Crippen LogP contribution in [-0.2, 0) is 0 Å². The van der Waals surface area contributed by atoms with Gasteiger partial charge in [0, 0.05) is 30.4 Å². The van der Waals surface area contributed by atoms with Gasteiger partial charge in [0.25, 0.3) is 5.91 Å². The number of pyridine rings is 1. The molecule has 2 aliphatic rings. The van der Waals surface area contributed by atoms with E-state index in [4.69, 9.17) is 0 Å². The number of aromatic nitrogens is 1. The van der Waals surface area contributed by atoms with E-state index < -0.39 is 0 Å². The predicted molar refractivity (Wildman–Crippen MR) is 105 cm³/mol. The number of nitrogens with one attached hydrogen (secondary N) is 1. The van der Waals surface area contributed by atoms with Gasteiger partial charge in [0.2, 0.25) is 0 Å². The van der Waals surface area contributed by atoms with E-state index >= 15 is 0 Å². The first-order valence-electron chi connectivity index (χ1n) is 9.54. The summed E-state index contributed by atoms with van der Waals surface area (Å²) >= 11 is 0. The third kappa shape index (κ3) is 2.92. The van der Waals surface area contributed by atoms with Crippen LogP contribution >= 0.6 is 0 Å². The maximum absolute atomic E-state index is 13.1. The van der Waals surface area contributed by atoms with Crippen molar-refractivity contribution in [2.75, 3.05) is 18.1 Å². The Morgan fingerprint density at radius 3 is 2.64 bits per heavy atom. The second-order valence-electron chi connectivity index (χ2n) is 7.54. The lowest BCUT2D eigenvalue weighted by Gasteiger charge is -2.58. The number of aliphatic hydroxyl groups is 1. The number of carbonyl (C=O) groups excluding carboxylic acids is 2. The zero-order valence-corrected chi connectivity index (χ0v) is 15.9. The van der Waals surface area contributed by atoms with Crippen LogP contribution in [0, 0.1) is 0 Å². The first kappa shape index (κ1) is 18.4. The molecular formula is C21H24N4O3. The molecule has 3 amide bonds. The normalized spacial score (nSPS) is 22.9. The van der Waals surface area contributed by atoms with E-state index in [1.165, 1.54) is 0 Å². The summed E-state index contributed by atoms with van der Waals surface area (Å²) in [6, 6.07) is 12.2. The van der Waals surface area contributed by atoms with E-state index in [9.17, 15) is 14.7 Å². The molecule has 3 atom stereocenters. The van der Waals surface area contributed by atoms with Crippen LogP contribution in [0.4, 0.5) is 10.5 Å². The summed E-state index contributed by atoms with van der Waals surface area (Å²) in [5.74, 6) is -0.221. The molecule has 0 radical (unpaired) electrons. The first-order valence-corrected chi connectivity index (χ1v) is 9.54. The number of likely N-dealkylation sites (tertiary alicyclic amines) is 1. The van der Waals surface area contributed by atoms with Crippen LogP contribution in [0.2, 0.25) is 0 Å². The average Bonchev–Trinajstić information content (AvgIpc) is 2.68. The molecule has 146 valence electrons. The van der Waals surface area contributed by atoms with Gasteiger partial charge in [-0.25, -0.2) is 4.79 Å². The quantitative estimate of drug-likeness (QED) is 0.853. The summed E-state index contributed by atoms with van der Waals surface area (Å²) in [6.45, 7) is 4.08. The van der Waals surface area contributed by atoms with Gasteiger partial charge in [-0.3, -0.25) is 14.7 Å². The largest absolute Gasteiger partial charge is 0.394 e. The topological polar surface area (TPSA) is 85.8 Å². The highest BCUT2D eigenvalue weighted by molar-refractivity contribution is 5.97. The number of carbonyl (C=O) groups is 2. The van der Waals surface area contributed by atoms with Crippen LogP contribution in [0.1, 0.15) is 35.8 Å². The Bertz CT molecular complexity index is 886. The molecular weight excluding hydrogens is 356 g/mol. The molecule has 1 aromatic carbocycles. The highest BCUT2D eigenvalue weighted by Gasteiger charge is 2.55. The molecule has 4 rings (SSSR count). The van der Waals surface area contributed by atoms with E-state index in [-0.39, 0.29) is 42.6 Å². The van der Waals surface area contributed by atoms with E-state index in [1.54, 1.807) is 34.2 Å². The van der Waals surface area contributed by atoms with Gasteiger partial charge in [0.1, 0.15) is 5.69 Å². The third-order valence-corrected chi connectivity index (χ3v) is 5.46. The molecule has 0 spiro atoms. The minimum Gasteiger partial charge on any atom is -0.394 e. The number of aliphatic hydroxyl groups excluding tert-OH is 1. The van der Waals surface area contributed by atoms with Crippen molar-refractivity contribution in [1.29, 1.82) is 0 Å². The van der Waals surface area contributed by atoms with Crippen molar-refractivity contribution in [1.82, 2.24) is 15.2 Å². The van der Waals surface area contributed by atoms with Gasteiger partial charge >= 0.3 is 6.03 Å². The molecule has 2 N–H and O–H groups in total. The summed E-state index contributed by atoms with van der Waals surface area (Å²) in [6.07, 6.45) is 1.58. The van der Waals surface area contributed by atoms with Gasteiger partial charge in [-0.05, 0) is 37.6 Å². The number of hydrogen-bond acceptors (Lipinski definition) is 4. The number of benzene rings is 1. The van der Waals surface area contributed by atoms with Gasteiger partial charge < -0.3 is 15.3 Å². The fraction of sp³-hybridized carbons (Fsp3) is 0.381. The Kier molecular flexibility index (Phi) is 4.77. The molecule has 0 unspecified atom stereocenters. The number of rotatable bonds is 3. The van der Waals surface area contributed by atoms with E-state index in [0.29, 0.717) is 12.2 Å². The summed E-state index contributed by atoms with van der Waals surface area (Å²) in [7, 11) is 0. The summed E-state index contributed by atoms with van der Waals surface area (Å²) in [4.78, 5) is 33.4. The molecule has 0 aliphatic carbocycles. The molecule has 0 bridgehead atoms. The predicted octanol–water partition coefficient (Wildman–Crippen LogP) is 1.99. The summed E-state index contributed by atoms with van der Waals surface area (Å²) < 4.78 is 0. The lowest BCUT2D eigenvalue weighted by atomic mass is 9.72. The number of nitrogens with zero attached hydrogens (tertiary/aromatic N) is 3. The van der Waals surface area contributed by atoms with Gasteiger partial charge in [0.15, 0.2) is 0 Å². The minimum atomic E-state index is -0.323. The lowest BCUT2D eigenvalue weighted by Crippen LogP contribution is -2.71. The molecule has 1 aromatic heterocycles. The number of hydrogen-bond donors (Lipinski definition) is 2. The maximum Gasteiger partial charge on any atom is 0.322 e. The molecule has 0 saturated carbocycles. The average molecular weight is 380 g/mol. The highest BCUT2D eigenvalue weighted by atomic mass is 16.3. The molecule has 1 saturated heterocycles. The van der Waals surface area contributed by atoms with Crippen molar-refractivity contribution in [2.24, 2.45) is 0 Å². The molecule has 2 aliphatic heterocycles. The molecule has 3 heterocycles. The molecule has 7 heteroatoms. The number of para-hydroxylation sites is 1. The first-order chi connectivity index (χ1) is 13.5. The zero-order valence-electron chi connectivity index (χ0n) is 15.9. The van der Waals surface area contributed by atoms with Crippen LogP contribution in [0.25, 0.3) is 0 Å². The third-order valence-electron chi connectivity index (χ3n) is 5.46. The smallest absolute Gasteiger partial charge is 0.322 e. The van der Waals surface area contributed by atoms with Crippen molar-refractivity contribution < 1.29 is 14.7 Å². The standard InChI is InChI=1S/C21H24N4O3/c1-13(2)23-21(28)24-11-17-19(14-7-3-4-9-16(14)24)18(12-26)25(17)20(27)15-8-5-6-10-22-15/h3-10,13,17-19,26H,11-12H2,1-2H3,(H,23,28)/t17-,18+,19+/m0/s1. The summed E-state index contributed by atoms with van der Waals surface area (Å²) in [5, 5.41) is 12.9. The van der Waals surface area contributed by atoms with Crippen LogP contribution in [0.15, 0.2) is 48.7 Å². The van der Waals surface area contributed by atoms with Gasteiger partial charge in [-0.2, -0.15) is 0 Å². The van der Waals surface area contributed by atoms with Gasteiger partial charge in [-0.15, -0.1) is 0 Å². The minimum absolute atomic E-state index is 0.00281. The van der Waals surface area contributed by atoms with Crippen molar-refractivity contribution in [3.05, 3.63) is 59.9 Å². The van der Waals surface area contributed by atoms with Gasteiger partial charge in [0.05, 0.1) is 18.7 Å². The zero-order chi connectivity index (χ0) is 19.8. The highest BCUT2D eigenvalue weighted by Crippen LogP contribution is 2.48. The number of fused-ring (bicyclic) bond motifs is 3. The van der Waals surface area contributed by atoms with Crippen molar-refractivity contribution in [3.63, 3.8) is 0 Å². The SMILES string of the molecule is CC(C)NC(=O)N1C[C@H]2[C@@H](c3ccccc31)[C@@H](CO)N2C(=O)c1ccccn1. The second-order valence-corrected chi connectivity index (χ2v) is 7.54. The second kappa shape index (κ2) is 7.24. The van der Waals surface area contributed by atoms with E-state index in [0.717, 1.165) is 11.3 Å². The summed E-state index contributed by atoms with van der Waals surface area (Å²) in [5.41, 5.74) is 2.17. The molecule has 2 aromatic rings. The fourth-order valence-electron chi connectivity index (χ4n) is 4.31. The Balaban J connectivity index is 1.69. The molecule has 7 nitrogen and oxygen atoms in total. The monoisotopic (exact) mass is 380 g/mol. The van der Waals surface area contributed by atoms with Crippen LogP contribution in [0.3, 0.4) is 0 Å². The Morgan fingerprint density at radius 2 is 1.96 bits per heavy atom. The molecule has 28 heavy (non-hydrogen) atoms. The van der Waals surface area contributed by atoms with E-state index in [1.807, 2.05) is 38.1 Å². The number of amides is 3. The fourth-order valence-corrected chi connectivity index (χ4v) is 4.31. The van der Waals surface area contributed by atoms with E-state index in [2.05, 4.69) is 10.3 Å². The van der Waals surface area contributed by atoms with Gasteiger partial charge in [-0.1, -0.05) is 24.3 Å². The molecule has 1 fully saturated rings. The Labute approximate surface area is 164 Å². The Hall–Kier alpha value is -2.93. The number of urea groups is 1.